The van der Waals surface area contributed by atoms with Crippen molar-refractivity contribution in [3.8, 4) is 0 Å². The molecule has 0 spiro atoms. The molecule has 0 fully saturated rings. The molecule has 0 radical (unpaired) electrons. The predicted octanol–water partition coefficient (Wildman–Crippen LogP) is 3.68. The Hall–Kier alpha value is -3.08. The highest BCUT2D eigenvalue weighted by atomic mass is 16.2. The van der Waals surface area contributed by atoms with E-state index in [2.05, 4.69) is 40.3 Å². The minimum absolute atomic E-state index is 0.00434. The third-order valence-electron chi connectivity index (χ3n) is 5.77. The third-order valence-corrected chi connectivity index (χ3v) is 5.77. The zero-order valence-corrected chi connectivity index (χ0v) is 16.8. The number of nitrogens with one attached hydrogen (secondary N) is 1. The Bertz CT molecular complexity index is 1020. The summed E-state index contributed by atoms with van der Waals surface area (Å²) in [7, 11) is 0. The van der Waals surface area contributed by atoms with Gasteiger partial charge in [-0.25, -0.2) is 0 Å². The summed E-state index contributed by atoms with van der Waals surface area (Å²) in [4.78, 5) is 26.5. The van der Waals surface area contributed by atoms with Crippen LogP contribution in [0.15, 0.2) is 60.8 Å². The summed E-state index contributed by atoms with van der Waals surface area (Å²) in [6.07, 6.45) is 4.11. The molecule has 1 aliphatic rings. The zero-order valence-electron chi connectivity index (χ0n) is 16.8. The van der Waals surface area contributed by atoms with Gasteiger partial charge in [0.05, 0.1) is 12.5 Å². The number of fused-ring (bicyclic) bond motifs is 2. The van der Waals surface area contributed by atoms with Crippen LogP contribution in [-0.2, 0) is 22.6 Å². The topological polar surface area (TPSA) is 54.3 Å². The highest BCUT2D eigenvalue weighted by Crippen LogP contribution is 2.32. The average Bonchev–Trinajstić information content (AvgIpc) is 3.14. The molecule has 0 saturated heterocycles. The fourth-order valence-corrected chi connectivity index (χ4v) is 4.31. The fourth-order valence-electron chi connectivity index (χ4n) is 4.31. The molecule has 1 unspecified atom stereocenters. The number of benzene rings is 2. The number of hydrogen-bond acceptors (Lipinski definition) is 2. The second kappa shape index (κ2) is 8.52. The van der Waals surface area contributed by atoms with Crippen LogP contribution < -0.4 is 5.32 Å². The van der Waals surface area contributed by atoms with Crippen molar-refractivity contribution in [2.75, 3.05) is 13.1 Å². The fraction of sp³-hybridized carbons (Fsp3) is 0.333. The standard InChI is InChI=1S/C24H27N3O2/c1-18(28)27-16-12-19-7-2-4-9-21(19)23(27)17-24(29)25-13-6-14-26-15-11-20-8-3-5-10-22(20)26/h2-5,7-11,15,23H,6,12-14,16-17H2,1H3,(H,25,29). The van der Waals surface area contributed by atoms with Gasteiger partial charge in [-0.1, -0.05) is 42.5 Å². The highest BCUT2D eigenvalue weighted by molar-refractivity contribution is 5.80. The molecule has 4 rings (SSSR count). The molecule has 150 valence electrons. The largest absolute Gasteiger partial charge is 0.356 e. The summed E-state index contributed by atoms with van der Waals surface area (Å²) in [6, 6.07) is 18.4. The smallest absolute Gasteiger partial charge is 0.222 e. The molecule has 1 aliphatic heterocycles. The zero-order chi connectivity index (χ0) is 20.2. The van der Waals surface area contributed by atoms with E-state index in [-0.39, 0.29) is 17.9 Å². The molecule has 1 atom stereocenters. The Labute approximate surface area is 171 Å². The van der Waals surface area contributed by atoms with Crippen LogP contribution in [0.3, 0.4) is 0 Å². The third kappa shape index (κ3) is 4.19. The molecule has 5 nitrogen and oxygen atoms in total. The van der Waals surface area contributed by atoms with Crippen molar-refractivity contribution < 1.29 is 9.59 Å². The molecule has 5 heteroatoms. The lowest BCUT2D eigenvalue weighted by atomic mass is 9.90. The van der Waals surface area contributed by atoms with Crippen LogP contribution in [0.4, 0.5) is 0 Å². The van der Waals surface area contributed by atoms with Crippen LogP contribution in [0.2, 0.25) is 0 Å². The minimum atomic E-state index is -0.175. The lowest BCUT2D eigenvalue weighted by molar-refractivity contribution is -0.133. The van der Waals surface area contributed by atoms with E-state index in [4.69, 9.17) is 0 Å². The van der Waals surface area contributed by atoms with Gasteiger partial charge in [0.15, 0.2) is 0 Å². The number of carbonyl (C=O) groups is 2. The number of carbonyl (C=O) groups excluding carboxylic acids is 2. The van der Waals surface area contributed by atoms with Crippen molar-refractivity contribution >= 4 is 22.7 Å². The molecule has 2 heterocycles. The molecule has 2 aromatic carbocycles. The number of hydrogen-bond donors (Lipinski definition) is 1. The monoisotopic (exact) mass is 389 g/mol. The predicted molar refractivity (Wildman–Crippen MR) is 114 cm³/mol. The molecule has 3 aromatic rings. The number of para-hydroxylation sites is 1. The summed E-state index contributed by atoms with van der Waals surface area (Å²) in [5, 5.41) is 4.27. The van der Waals surface area contributed by atoms with Crippen LogP contribution in [-0.4, -0.2) is 34.4 Å². The van der Waals surface area contributed by atoms with Crippen molar-refractivity contribution in [2.45, 2.75) is 38.8 Å². The van der Waals surface area contributed by atoms with Gasteiger partial charge >= 0.3 is 0 Å². The molecule has 1 aromatic heterocycles. The lowest BCUT2D eigenvalue weighted by Gasteiger charge is -2.36. The van der Waals surface area contributed by atoms with Crippen molar-refractivity contribution in [3.63, 3.8) is 0 Å². The number of nitrogens with zero attached hydrogens (tertiary/aromatic N) is 2. The first-order chi connectivity index (χ1) is 14.1. The normalized spacial score (nSPS) is 15.9. The maximum Gasteiger partial charge on any atom is 0.222 e. The number of rotatable bonds is 6. The van der Waals surface area contributed by atoms with E-state index in [1.807, 2.05) is 35.2 Å². The van der Waals surface area contributed by atoms with E-state index < -0.39 is 0 Å². The first-order valence-corrected chi connectivity index (χ1v) is 10.3. The first-order valence-electron chi connectivity index (χ1n) is 10.3. The first kappa shape index (κ1) is 19.2. The van der Waals surface area contributed by atoms with Crippen LogP contribution >= 0.6 is 0 Å². The highest BCUT2D eigenvalue weighted by Gasteiger charge is 2.30. The maximum atomic E-state index is 12.6. The van der Waals surface area contributed by atoms with Gasteiger partial charge in [0.25, 0.3) is 0 Å². The van der Waals surface area contributed by atoms with Gasteiger partial charge in [-0.05, 0) is 41.5 Å². The molecule has 0 aliphatic carbocycles. The molecule has 1 N–H and O–H groups in total. The van der Waals surface area contributed by atoms with E-state index in [0.29, 0.717) is 19.5 Å². The number of amides is 2. The Morgan fingerprint density at radius 1 is 1.07 bits per heavy atom. The van der Waals surface area contributed by atoms with Crippen LogP contribution in [0.1, 0.15) is 36.9 Å². The Kier molecular flexibility index (Phi) is 5.65. The second-order valence-corrected chi connectivity index (χ2v) is 7.65. The summed E-state index contributed by atoms with van der Waals surface area (Å²) < 4.78 is 2.22. The summed E-state index contributed by atoms with van der Waals surface area (Å²) in [5.74, 6) is 0.0205. The molecule has 0 saturated carbocycles. The number of aromatic nitrogens is 1. The van der Waals surface area contributed by atoms with Crippen molar-refractivity contribution in [3.05, 3.63) is 71.9 Å². The Balaban J connectivity index is 1.33. The van der Waals surface area contributed by atoms with E-state index in [0.717, 1.165) is 24.9 Å². The van der Waals surface area contributed by atoms with E-state index in [9.17, 15) is 9.59 Å². The Morgan fingerprint density at radius 2 is 1.86 bits per heavy atom. The van der Waals surface area contributed by atoms with Gasteiger partial charge < -0.3 is 14.8 Å². The number of aryl methyl sites for hydroxylation is 1. The second-order valence-electron chi connectivity index (χ2n) is 7.65. The van der Waals surface area contributed by atoms with Gasteiger partial charge in [-0.15, -0.1) is 0 Å². The lowest BCUT2D eigenvalue weighted by Crippen LogP contribution is -2.41. The summed E-state index contributed by atoms with van der Waals surface area (Å²) in [5.41, 5.74) is 3.56. The average molecular weight is 389 g/mol. The van der Waals surface area contributed by atoms with Gasteiger partial charge in [-0.2, -0.15) is 0 Å². The molecular formula is C24H27N3O2. The van der Waals surface area contributed by atoms with E-state index in [1.165, 1.54) is 16.5 Å². The van der Waals surface area contributed by atoms with E-state index >= 15 is 0 Å². The maximum absolute atomic E-state index is 12.6. The minimum Gasteiger partial charge on any atom is -0.356 e. The van der Waals surface area contributed by atoms with E-state index in [1.54, 1.807) is 6.92 Å². The summed E-state index contributed by atoms with van der Waals surface area (Å²) >= 11 is 0. The molecule has 0 bridgehead atoms. The van der Waals surface area contributed by atoms with Crippen LogP contribution in [0.5, 0.6) is 0 Å². The molecule has 29 heavy (non-hydrogen) atoms. The van der Waals surface area contributed by atoms with Crippen LogP contribution in [0.25, 0.3) is 10.9 Å². The van der Waals surface area contributed by atoms with Crippen molar-refractivity contribution in [2.24, 2.45) is 0 Å². The summed E-state index contributed by atoms with van der Waals surface area (Å²) in [6.45, 7) is 3.74. The van der Waals surface area contributed by atoms with Gasteiger partial charge in [0.1, 0.15) is 0 Å². The molecule has 2 amide bonds. The van der Waals surface area contributed by atoms with Crippen molar-refractivity contribution in [1.29, 1.82) is 0 Å². The Morgan fingerprint density at radius 3 is 2.72 bits per heavy atom. The van der Waals surface area contributed by atoms with Gasteiger partial charge in [0, 0.05) is 38.3 Å². The van der Waals surface area contributed by atoms with Gasteiger partial charge in [0.2, 0.25) is 11.8 Å². The quantitative estimate of drug-likeness (QED) is 0.654. The SMILES string of the molecule is CC(=O)N1CCc2ccccc2C1CC(=O)NCCCn1ccc2ccccc21. The van der Waals surface area contributed by atoms with Gasteiger partial charge in [-0.3, -0.25) is 9.59 Å². The molecular weight excluding hydrogens is 362 g/mol. The van der Waals surface area contributed by atoms with Crippen molar-refractivity contribution in [1.82, 2.24) is 14.8 Å². The van der Waals surface area contributed by atoms with Crippen LogP contribution in [0, 0.1) is 0 Å².